The van der Waals surface area contributed by atoms with Gasteiger partial charge < -0.3 is 19.6 Å². The van der Waals surface area contributed by atoms with Crippen LogP contribution < -0.4 is 10.9 Å². The number of nitrogens with zero attached hydrogens (tertiary/aromatic N) is 3. The second kappa shape index (κ2) is 6.72. The molecule has 2 N–H and O–H groups in total. The molecule has 0 bridgehead atoms. The minimum atomic E-state index is -0.452. The van der Waals surface area contributed by atoms with E-state index in [-0.39, 0.29) is 17.5 Å². The summed E-state index contributed by atoms with van der Waals surface area (Å²) in [5.41, 5.74) is 1.05. The largest absolute Gasteiger partial charge is 0.403 e. The summed E-state index contributed by atoms with van der Waals surface area (Å²) in [5.74, 6) is 0.356. The quantitative estimate of drug-likeness (QED) is 0.706. The van der Waals surface area contributed by atoms with Gasteiger partial charge in [0.05, 0.1) is 0 Å². The van der Waals surface area contributed by atoms with Gasteiger partial charge >= 0.3 is 6.01 Å². The number of carbonyl (C=O) groups excluding carboxylic acids is 1. The Balaban J connectivity index is 1.31. The zero-order valence-electron chi connectivity index (χ0n) is 16.3. The number of benzene rings is 1. The van der Waals surface area contributed by atoms with E-state index in [1.54, 1.807) is 24.4 Å². The Labute approximate surface area is 167 Å². The van der Waals surface area contributed by atoms with Crippen LogP contribution in [0, 0.1) is 5.41 Å². The van der Waals surface area contributed by atoms with E-state index in [2.05, 4.69) is 20.5 Å². The van der Waals surface area contributed by atoms with E-state index in [1.165, 1.54) is 12.8 Å². The number of anilines is 1. The molecule has 2 fully saturated rings. The van der Waals surface area contributed by atoms with Gasteiger partial charge in [0.25, 0.3) is 5.56 Å². The molecule has 1 amide bonds. The van der Waals surface area contributed by atoms with Crippen molar-refractivity contribution >= 4 is 22.7 Å². The van der Waals surface area contributed by atoms with Crippen LogP contribution in [0.1, 0.15) is 32.6 Å². The predicted molar refractivity (Wildman–Crippen MR) is 108 cm³/mol. The topological polar surface area (TPSA) is 104 Å². The number of likely N-dealkylation sites (tertiary alicyclic amines) is 1. The first kappa shape index (κ1) is 17.9. The summed E-state index contributed by atoms with van der Waals surface area (Å²) >= 11 is 0. The smallest absolute Gasteiger partial charge is 0.316 e. The Morgan fingerprint density at radius 1 is 1.17 bits per heavy atom. The summed E-state index contributed by atoms with van der Waals surface area (Å²) in [7, 11) is 0. The molecule has 1 spiro atoms. The molecule has 1 aliphatic heterocycles. The van der Waals surface area contributed by atoms with Crippen molar-refractivity contribution in [3.05, 3.63) is 40.8 Å². The van der Waals surface area contributed by atoms with E-state index >= 15 is 0 Å². The predicted octanol–water partition coefficient (Wildman–Crippen LogP) is 2.78. The molecule has 1 aliphatic carbocycles. The number of pyridine rings is 1. The molecular weight excluding hydrogens is 370 g/mol. The van der Waals surface area contributed by atoms with Crippen molar-refractivity contribution in [2.45, 2.75) is 38.6 Å². The first-order valence-corrected chi connectivity index (χ1v) is 10.0. The maximum absolute atomic E-state index is 12.8. The SMILES string of the molecule is C[C@@H](Nc1nnc(-c2cccc3c(=O)[nH]ccc23)o1)C(=O)N1CCC2(CC1)CC2. The number of nitrogens with one attached hydrogen (secondary N) is 2. The molecule has 1 aromatic carbocycles. The van der Waals surface area contributed by atoms with Crippen LogP contribution in [-0.2, 0) is 4.79 Å². The fraction of sp³-hybridized carbons (Fsp3) is 0.429. The number of H-pyrrole nitrogens is 1. The van der Waals surface area contributed by atoms with Crippen molar-refractivity contribution in [3.8, 4) is 11.5 Å². The van der Waals surface area contributed by atoms with Gasteiger partial charge in [0.1, 0.15) is 6.04 Å². The lowest BCUT2D eigenvalue weighted by Crippen LogP contribution is -2.45. The number of aromatic nitrogens is 3. The highest BCUT2D eigenvalue weighted by atomic mass is 16.4. The highest BCUT2D eigenvalue weighted by molar-refractivity contribution is 5.94. The summed E-state index contributed by atoms with van der Waals surface area (Å²) in [4.78, 5) is 29.4. The molecule has 5 rings (SSSR count). The third-order valence-corrected chi connectivity index (χ3v) is 6.27. The van der Waals surface area contributed by atoms with E-state index in [4.69, 9.17) is 4.42 Å². The van der Waals surface area contributed by atoms with Gasteiger partial charge in [-0.1, -0.05) is 11.2 Å². The van der Waals surface area contributed by atoms with Gasteiger partial charge in [-0.25, -0.2) is 0 Å². The lowest BCUT2D eigenvalue weighted by Gasteiger charge is -2.33. The van der Waals surface area contributed by atoms with E-state index in [0.29, 0.717) is 22.3 Å². The fourth-order valence-corrected chi connectivity index (χ4v) is 4.20. The van der Waals surface area contributed by atoms with Crippen LogP contribution in [-0.4, -0.2) is 45.1 Å². The Hall–Kier alpha value is -3.16. The van der Waals surface area contributed by atoms with Crippen LogP contribution >= 0.6 is 0 Å². The van der Waals surface area contributed by atoms with Crippen LogP contribution in [0.5, 0.6) is 0 Å². The number of hydrogen-bond donors (Lipinski definition) is 2. The summed E-state index contributed by atoms with van der Waals surface area (Å²) in [6.45, 7) is 3.46. The number of rotatable bonds is 4. The van der Waals surface area contributed by atoms with Gasteiger partial charge in [0, 0.05) is 35.6 Å². The molecule has 8 heteroatoms. The average molecular weight is 393 g/mol. The van der Waals surface area contributed by atoms with Crippen LogP contribution in [0.2, 0.25) is 0 Å². The molecule has 1 saturated heterocycles. The third-order valence-electron chi connectivity index (χ3n) is 6.27. The minimum absolute atomic E-state index is 0.0527. The van der Waals surface area contributed by atoms with Crippen molar-refractivity contribution in [3.63, 3.8) is 0 Å². The highest BCUT2D eigenvalue weighted by Gasteiger charge is 2.45. The third kappa shape index (κ3) is 3.28. The van der Waals surface area contributed by atoms with Crippen molar-refractivity contribution < 1.29 is 9.21 Å². The molecule has 1 saturated carbocycles. The summed E-state index contributed by atoms with van der Waals surface area (Å²) < 4.78 is 5.75. The molecule has 2 aliphatic rings. The molecular formula is C21H23N5O3. The molecule has 0 unspecified atom stereocenters. The molecule has 150 valence electrons. The normalized spacial score (nSPS) is 18.7. The van der Waals surface area contributed by atoms with Crippen molar-refractivity contribution in [1.82, 2.24) is 20.1 Å². The van der Waals surface area contributed by atoms with Gasteiger partial charge in [-0.3, -0.25) is 9.59 Å². The first-order chi connectivity index (χ1) is 14.0. The molecule has 0 radical (unpaired) electrons. The number of amides is 1. The van der Waals surface area contributed by atoms with Crippen molar-refractivity contribution in [2.75, 3.05) is 18.4 Å². The second-order valence-corrected chi connectivity index (χ2v) is 8.18. The molecule has 8 nitrogen and oxygen atoms in total. The molecule has 1 atom stereocenters. The van der Waals surface area contributed by atoms with Gasteiger partial charge in [-0.05, 0) is 56.2 Å². The lowest BCUT2D eigenvalue weighted by molar-refractivity contribution is -0.133. The Kier molecular flexibility index (Phi) is 4.15. The summed E-state index contributed by atoms with van der Waals surface area (Å²) in [5, 5.41) is 12.5. The lowest BCUT2D eigenvalue weighted by atomic mass is 9.93. The maximum Gasteiger partial charge on any atom is 0.316 e. The first-order valence-electron chi connectivity index (χ1n) is 10.0. The zero-order chi connectivity index (χ0) is 20.0. The maximum atomic E-state index is 12.8. The van der Waals surface area contributed by atoms with Gasteiger partial charge in [-0.15, -0.1) is 5.10 Å². The van der Waals surface area contributed by atoms with Gasteiger partial charge in [0.2, 0.25) is 11.8 Å². The monoisotopic (exact) mass is 393 g/mol. The number of hydrogen-bond acceptors (Lipinski definition) is 6. The second-order valence-electron chi connectivity index (χ2n) is 8.18. The van der Waals surface area contributed by atoms with Crippen LogP contribution in [0.4, 0.5) is 6.01 Å². The molecule has 3 aromatic rings. The number of aromatic amines is 1. The Morgan fingerprint density at radius 3 is 2.72 bits per heavy atom. The fourth-order valence-electron chi connectivity index (χ4n) is 4.20. The van der Waals surface area contributed by atoms with Crippen LogP contribution in [0.25, 0.3) is 22.2 Å². The van der Waals surface area contributed by atoms with E-state index < -0.39 is 6.04 Å². The number of piperidine rings is 1. The summed E-state index contributed by atoms with van der Waals surface area (Å²) in [6.07, 6.45) is 6.43. The van der Waals surface area contributed by atoms with Gasteiger partial charge in [0.15, 0.2) is 0 Å². The van der Waals surface area contributed by atoms with E-state index in [9.17, 15) is 9.59 Å². The summed E-state index contributed by atoms with van der Waals surface area (Å²) in [6, 6.07) is 6.90. The van der Waals surface area contributed by atoms with Crippen LogP contribution in [0.3, 0.4) is 0 Å². The van der Waals surface area contributed by atoms with E-state index in [0.717, 1.165) is 31.3 Å². The van der Waals surface area contributed by atoms with Gasteiger partial charge in [-0.2, -0.15) is 0 Å². The van der Waals surface area contributed by atoms with E-state index in [1.807, 2.05) is 17.9 Å². The standard InChI is InChI=1S/C21H23N5O3/c1-13(19(28)26-11-8-21(6-7-21)9-12-26)23-20-25-24-18(29-20)16-4-2-3-15-14(16)5-10-22-17(15)27/h2-5,10,13H,6-9,11-12H2,1H3,(H,22,27)(H,23,25)/t13-/m1/s1. The van der Waals surface area contributed by atoms with Crippen molar-refractivity contribution in [1.29, 1.82) is 0 Å². The average Bonchev–Trinajstić information content (AvgIpc) is 3.32. The number of carbonyl (C=O) groups is 1. The zero-order valence-corrected chi connectivity index (χ0v) is 16.3. The highest BCUT2D eigenvalue weighted by Crippen LogP contribution is 2.53. The number of fused-ring (bicyclic) bond motifs is 1. The Bertz CT molecular complexity index is 1120. The minimum Gasteiger partial charge on any atom is -0.403 e. The molecule has 3 heterocycles. The van der Waals surface area contributed by atoms with Crippen molar-refractivity contribution in [2.24, 2.45) is 5.41 Å². The Morgan fingerprint density at radius 2 is 1.97 bits per heavy atom. The molecule has 29 heavy (non-hydrogen) atoms. The van der Waals surface area contributed by atoms with Crippen LogP contribution in [0.15, 0.2) is 39.7 Å². The molecule has 2 aromatic heterocycles.